The number of Topliss-reactive ketones (excluding diaryl/α,β-unsaturated/α-hetero) is 1. The first kappa shape index (κ1) is 29.8. The van der Waals surface area contributed by atoms with Gasteiger partial charge < -0.3 is 5.11 Å². The monoisotopic (exact) mass is 758 g/mol. The molecular weight excluding hydrogens is 729 g/mol. The fraction of sp³-hybridized carbons (Fsp3) is 0.367. The first-order chi connectivity index (χ1) is 20.4. The van der Waals surface area contributed by atoms with Crippen molar-refractivity contribution < 1.29 is 40.7 Å². The summed E-state index contributed by atoms with van der Waals surface area (Å²) in [5.74, 6) is 0.121. The standard InChI is InChI=1S/C30H30BrIN7O4/c1-14-6-7-22(31)35-26(14)36-28(43)21-10-30(5)29(32-30)39(21)23(42)13-38-25-15(2)8-18(9-20(25)24(37-38)16(3)40)19-11-33-27(17(4)41)34-12-19/h6-9,11-12,17,21,29,41H,10,13H2,1-5H3,(H,35,36,43)/q-1/t17?,21-,29-,30+/m0/s1. The number of ketones is 1. The SMILES string of the molecule is CC(=O)c1nn(CC(=O)N2[C@H](C(=O)Nc3nc(Br)ccc3C)C[C@@]3(C)[I-][C@@H]23)c2c(C)cc(-c3cnc(C(C)O)nc3)cc12. The molecule has 1 aromatic carbocycles. The van der Waals surface area contributed by atoms with Crippen LogP contribution >= 0.6 is 15.9 Å². The van der Waals surface area contributed by atoms with Crippen LogP contribution in [0.3, 0.4) is 0 Å². The van der Waals surface area contributed by atoms with Crippen molar-refractivity contribution in [1.29, 1.82) is 0 Å². The van der Waals surface area contributed by atoms with E-state index in [-0.39, 0.29) is 58.5 Å². The number of nitrogens with zero attached hydrogens (tertiary/aromatic N) is 6. The number of carbonyl (C=O) groups excluding carboxylic acids is 3. The minimum atomic E-state index is -0.781. The van der Waals surface area contributed by atoms with Gasteiger partial charge in [-0.15, -0.1) is 0 Å². The van der Waals surface area contributed by atoms with E-state index in [4.69, 9.17) is 0 Å². The summed E-state index contributed by atoms with van der Waals surface area (Å²) in [6.07, 6.45) is 3.11. The summed E-state index contributed by atoms with van der Waals surface area (Å²) in [4.78, 5) is 54.8. The molecule has 224 valence electrons. The van der Waals surface area contributed by atoms with Crippen molar-refractivity contribution in [2.75, 3.05) is 5.32 Å². The molecule has 6 rings (SSSR count). The molecule has 5 heterocycles. The Morgan fingerprint density at radius 2 is 1.88 bits per heavy atom. The van der Waals surface area contributed by atoms with E-state index in [0.717, 1.165) is 22.3 Å². The van der Waals surface area contributed by atoms with E-state index < -0.39 is 12.1 Å². The summed E-state index contributed by atoms with van der Waals surface area (Å²) in [5, 5.41) is 17.9. The number of nitrogens with one attached hydrogen (secondary N) is 1. The predicted molar refractivity (Wildman–Crippen MR) is 159 cm³/mol. The number of likely N-dealkylation sites (tertiary alicyclic amines) is 1. The van der Waals surface area contributed by atoms with Crippen LogP contribution in [0.2, 0.25) is 0 Å². The third-order valence-electron chi connectivity index (χ3n) is 7.90. The van der Waals surface area contributed by atoms with Gasteiger partial charge >= 0.3 is 244 Å². The third-order valence-corrected chi connectivity index (χ3v) is 12.7. The first-order valence-electron chi connectivity index (χ1n) is 13.8. The molecule has 0 spiro atoms. The van der Waals surface area contributed by atoms with Gasteiger partial charge in [0.05, 0.1) is 0 Å². The average Bonchev–Trinajstić information content (AvgIpc) is 3.31. The maximum absolute atomic E-state index is 13.9. The van der Waals surface area contributed by atoms with E-state index in [1.165, 1.54) is 6.92 Å². The van der Waals surface area contributed by atoms with Crippen LogP contribution < -0.4 is 26.5 Å². The van der Waals surface area contributed by atoms with Crippen LogP contribution in [0.1, 0.15) is 60.7 Å². The van der Waals surface area contributed by atoms with E-state index in [9.17, 15) is 19.5 Å². The number of rotatable bonds is 7. The second-order valence-electron chi connectivity index (χ2n) is 11.3. The van der Waals surface area contributed by atoms with Crippen molar-refractivity contribution in [3.63, 3.8) is 0 Å². The van der Waals surface area contributed by atoms with Gasteiger partial charge in [0.2, 0.25) is 0 Å². The fourth-order valence-corrected chi connectivity index (χ4v) is 9.36. The number of amides is 2. The number of hydrogen-bond acceptors (Lipinski definition) is 8. The van der Waals surface area contributed by atoms with Crippen molar-refractivity contribution >= 4 is 50.2 Å². The molecule has 13 heteroatoms. The Bertz CT molecular complexity index is 1810. The van der Waals surface area contributed by atoms with Crippen LogP contribution in [0.4, 0.5) is 5.82 Å². The van der Waals surface area contributed by atoms with E-state index in [2.05, 4.69) is 48.2 Å². The zero-order chi connectivity index (χ0) is 30.8. The number of aromatic nitrogens is 5. The quantitative estimate of drug-likeness (QED) is 0.0934. The predicted octanol–water partition coefficient (Wildman–Crippen LogP) is 0.951. The van der Waals surface area contributed by atoms with Gasteiger partial charge in [0.1, 0.15) is 6.10 Å². The number of carbonyl (C=O) groups is 3. The van der Waals surface area contributed by atoms with Crippen molar-refractivity contribution in [3.05, 3.63) is 63.9 Å². The summed E-state index contributed by atoms with van der Waals surface area (Å²) in [5.41, 5.74) is 4.13. The second kappa shape index (κ2) is 11.0. The van der Waals surface area contributed by atoms with Gasteiger partial charge in [0, 0.05) is 0 Å². The van der Waals surface area contributed by atoms with Crippen LogP contribution in [0, 0.1) is 13.8 Å². The van der Waals surface area contributed by atoms with Gasteiger partial charge in [-0.25, -0.2) is 0 Å². The fourth-order valence-electron chi connectivity index (χ4n) is 5.66. The summed E-state index contributed by atoms with van der Waals surface area (Å²) >= 11 is 3.10. The molecule has 4 aromatic rings. The number of hydrogen-bond donors (Lipinski definition) is 2. The van der Waals surface area contributed by atoms with Crippen LogP contribution in [0.5, 0.6) is 0 Å². The van der Waals surface area contributed by atoms with E-state index >= 15 is 0 Å². The first-order valence-corrected chi connectivity index (χ1v) is 16.9. The van der Waals surface area contributed by atoms with Crippen LogP contribution in [0.25, 0.3) is 22.0 Å². The number of aliphatic hydroxyl groups excluding tert-OH is 1. The molecule has 3 aromatic heterocycles. The number of alkyl halides is 2. The topological polar surface area (TPSA) is 143 Å². The molecular formula is C30H30BrIN7O4-. The Morgan fingerprint density at radius 1 is 1.16 bits per heavy atom. The van der Waals surface area contributed by atoms with Crippen LogP contribution in [0.15, 0.2) is 41.3 Å². The molecule has 43 heavy (non-hydrogen) atoms. The van der Waals surface area contributed by atoms with Gasteiger partial charge in [0.15, 0.2) is 5.82 Å². The summed E-state index contributed by atoms with van der Waals surface area (Å²) in [6.45, 7) is 8.90. The number of benzene rings is 1. The Balaban J connectivity index is 1.31. The van der Waals surface area contributed by atoms with Crippen molar-refractivity contribution in [2.24, 2.45) is 0 Å². The van der Waals surface area contributed by atoms with Crippen LogP contribution in [-0.4, -0.2) is 65.8 Å². The molecule has 0 aliphatic carbocycles. The average molecular weight is 759 g/mol. The van der Waals surface area contributed by atoms with Crippen LogP contribution in [-0.2, 0) is 16.1 Å². The zero-order valence-electron chi connectivity index (χ0n) is 24.2. The van der Waals surface area contributed by atoms with E-state index in [1.54, 1.807) is 28.9 Å². The third kappa shape index (κ3) is 5.46. The number of halogens is 2. The normalized spacial score (nSPS) is 21.7. The molecule has 0 radical (unpaired) electrons. The number of pyridine rings is 1. The van der Waals surface area contributed by atoms with E-state index in [0.29, 0.717) is 33.6 Å². The molecule has 11 nitrogen and oxygen atoms in total. The molecule has 0 saturated carbocycles. The molecule has 0 bridgehead atoms. The van der Waals surface area contributed by atoms with Gasteiger partial charge in [0.25, 0.3) is 0 Å². The Hall–Kier alpha value is -3.30. The number of anilines is 1. The Labute approximate surface area is 266 Å². The molecule has 2 fully saturated rings. The van der Waals surface area contributed by atoms with Gasteiger partial charge in [-0.2, -0.15) is 0 Å². The molecule has 2 N–H and O–H groups in total. The van der Waals surface area contributed by atoms with Crippen molar-refractivity contribution in [3.8, 4) is 11.1 Å². The maximum atomic E-state index is 13.9. The second-order valence-corrected chi connectivity index (χ2v) is 16.4. The molecule has 2 amide bonds. The van der Waals surface area contributed by atoms with Gasteiger partial charge in [-0.3, -0.25) is 0 Å². The molecule has 2 aliphatic rings. The summed E-state index contributed by atoms with van der Waals surface area (Å²) < 4.78 is 2.29. The molecule has 2 aliphatic heterocycles. The number of aliphatic hydroxyl groups is 1. The van der Waals surface area contributed by atoms with Crippen molar-refractivity contribution in [1.82, 2.24) is 29.6 Å². The van der Waals surface area contributed by atoms with Gasteiger partial charge in [-0.1, -0.05) is 0 Å². The van der Waals surface area contributed by atoms with Gasteiger partial charge in [-0.05, 0) is 6.92 Å². The Kier molecular flexibility index (Phi) is 7.62. The minimum absolute atomic E-state index is 0.00325. The van der Waals surface area contributed by atoms with E-state index in [1.807, 2.05) is 38.1 Å². The Morgan fingerprint density at radius 3 is 2.56 bits per heavy atom. The summed E-state index contributed by atoms with van der Waals surface area (Å²) in [7, 11) is 0. The zero-order valence-corrected chi connectivity index (χ0v) is 28.0. The number of fused-ring (bicyclic) bond motifs is 2. The van der Waals surface area contributed by atoms with Crippen molar-refractivity contribution in [2.45, 2.75) is 67.2 Å². The summed E-state index contributed by atoms with van der Waals surface area (Å²) in [6, 6.07) is 6.87. The number of aryl methyl sites for hydroxylation is 2. The molecule has 4 atom stereocenters. The molecule has 1 unspecified atom stereocenters. The molecule has 2 saturated heterocycles.